The summed E-state index contributed by atoms with van der Waals surface area (Å²) >= 11 is 0. The Hall–Kier alpha value is -1.10. The van der Waals surface area contributed by atoms with E-state index in [9.17, 15) is 9.59 Å². The van der Waals surface area contributed by atoms with Gasteiger partial charge < -0.3 is 14.2 Å². The van der Waals surface area contributed by atoms with Gasteiger partial charge in [-0.3, -0.25) is 9.59 Å². The van der Waals surface area contributed by atoms with Crippen molar-refractivity contribution in [1.82, 2.24) is 0 Å². The van der Waals surface area contributed by atoms with Crippen LogP contribution in [-0.2, 0) is 23.8 Å². The molecule has 0 aromatic carbocycles. The van der Waals surface area contributed by atoms with Gasteiger partial charge in [-0.05, 0) is 13.8 Å². The first-order valence-electron chi connectivity index (χ1n) is 5.78. The lowest BCUT2D eigenvalue weighted by Crippen LogP contribution is -2.46. The van der Waals surface area contributed by atoms with Gasteiger partial charge in [-0.25, -0.2) is 0 Å². The Morgan fingerprint density at radius 2 is 1.29 bits per heavy atom. The number of carbonyl (C=O) groups is 2. The predicted octanol–water partition coefficient (Wildman–Crippen LogP) is 0.126. The Morgan fingerprint density at radius 3 is 1.53 bits per heavy atom. The number of carbonyl (C=O) groups excluding carboxylic acids is 2. The molecule has 6 atom stereocenters. The number of methoxy groups -OCH3 is 2. The highest BCUT2D eigenvalue weighted by Crippen LogP contribution is 3.07. The van der Waals surface area contributed by atoms with Crippen molar-refractivity contribution in [3.63, 3.8) is 0 Å². The van der Waals surface area contributed by atoms with Crippen LogP contribution in [0.2, 0.25) is 0 Å². The zero-order valence-electron chi connectivity index (χ0n) is 10.2. The Bertz CT molecular complexity index is 457. The molecule has 5 fully saturated rings. The number of rotatable bonds is 2. The van der Waals surface area contributed by atoms with Crippen LogP contribution < -0.4 is 0 Å². The summed E-state index contributed by atoms with van der Waals surface area (Å²) in [7, 11) is 2.71. The quantitative estimate of drug-likeness (QED) is 0.640. The smallest absolute Gasteiger partial charge is 0.316 e. The molecule has 0 amide bonds. The Balaban J connectivity index is 1.90. The fourth-order valence-corrected chi connectivity index (χ4v) is 5.60. The molecule has 92 valence electrons. The fraction of sp³-hybridized carbons (Fsp3) is 0.833. The van der Waals surface area contributed by atoms with Crippen LogP contribution in [-0.4, -0.2) is 37.4 Å². The van der Waals surface area contributed by atoms with E-state index >= 15 is 0 Å². The van der Waals surface area contributed by atoms with Gasteiger partial charge in [0.25, 0.3) is 0 Å². The van der Waals surface area contributed by atoms with Gasteiger partial charge >= 0.3 is 11.9 Å². The highest BCUT2D eigenvalue weighted by atomic mass is 16.6. The summed E-state index contributed by atoms with van der Waals surface area (Å²) in [6, 6.07) is 0. The van der Waals surface area contributed by atoms with Gasteiger partial charge in [0.2, 0.25) is 0 Å². The van der Waals surface area contributed by atoms with Crippen molar-refractivity contribution in [3.8, 4) is 0 Å². The SMILES string of the molecule is COC(=O)C12C3C4C(C)(OC31C)C42C(=O)OC. The number of hydrogen-bond donors (Lipinski definition) is 0. The minimum atomic E-state index is -0.777. The maximum absolute atomic E-state index is 12.1. The third-order valence-corrected chi connectivity index (χ3v) is 5.91. The van der Waals surface area contributed by atoms with Crippen molar-refractivity contribution in [2.45, 2.75) is 25.0 Å². The van der Waals surface area contributed by atoms with E-state index < -0.39 is 22.0 Å². The van der Waals surface area contributed by atoms with E-state index in [0.717, 1.165) is 0 Å². The van der Waals surface area contributed by atoms with E-state index in [2.05, 4.69) is 0 Å². The van der Waals surface area contributed by atoms with Crippen molar-refractivity contribution in [2.75, 3.05) is 14.2 Å². The van der Waals surface area contributed by atoms with Gasteiger partial charge in [0.15, 0.2) is 0 Å². The number of esters is 2. The second kappa shape index (κ2) is 2.00. The summed E-state index contributed by atoms with van der Waals surface area (Å²) < 4.78 is 15.8. The molecule has 2 heterocycles. The lowest BCUT2D eigenvalue weighted by atomic mass is 9.71. The van der Waals surface area contributed by atoms with Gasteiger partial charge in [-0.1, -0.05) is 0 Å². The molecule has 5 heteroatoms. The van der Waals surface area contributed by atoms with Crippen LogP contribution in [0.3, 0.4) is 0 Å². The molecule has 0 radical (unpaired) electrons. The number of ether oxygens (including phenoxy) is 3. The lowest BCUT2D eigenvalue weighted by Gasteiger charge is -2.29. The molecule has 0 N–H and O–H groups in total. The van der Waals surface area contributed by atoms with Crippen molar-refractivity contribution in [1.29, 1.82) is 0 Å². The van der Waals surface area contributed by atoms with Crippen molar-refractivity contribution in [2.24, 2.45) is 22.7 Å². The van der Waals surface area contributed by atoms with Crippen LogP contribution in [0.4, 0.5) is 0 Å². The summed E-state index contributed by atoms with van der Waals surface area (Å²) in [5.74, 6) is -0.390. The van der Waals surface area contributed by atoms with Crippen molar-refractivity contribution >= 4 is 11.9 Å². The first-order valence-corrected chi connectivity index (χ1v) is 5.78. The molecule has 0 spiro atoms. The van der Waals surface area contributed by atoms with E-state index in [1.807, 2.05) is 13.8 Å². The second-order valence-electron chi connectivity index (χ2n) is 5.87. The van der Waals surface area contributed by atoms with Crippen molar-refractivity contribution in [3.05, 3.63) is 0 Å². The molecule has 17 heavy (non-hydrogen) atoms. The first-order chi connectivity index (χ1) is 7.91. The van der Waals surface area contributed by atoms with Crippen LogP contribution >= 0.6 is 0 Å². The average Bonchev–Trinajstić information content (AvgIpc) is 2.79. The van der Waals surface area contributed by atoms with Gasteiger partial charge in [0.1, 0.15) is 10.8 Å². The van der Waals surface area contributed by atoms with Gasteiger partial charge in [-0.2, -0.15) is 0 Å². The molecule has 2 bridgehead atoms. The monoisotopic (exact) mass is 238 g/mol. The van der Waals surface area contributed by atoms with E-state index in [-0.39, 0.29) is 23.8 Å². The topological polar surface area (TPSA) is 61.8 Å². The molecule has 5 rings (SSSR count). The molecule has 3 saturated carbocycles. The van der Waals surface area contributed by atoms with E-state index in [4.69, 9.17) is 14.2 Å². The molecule has 2 saturated heterocycles. The summed E-state index contributed by atoms with van der Waals surface area (Å²) in [6.07, 6.45) is 0. The largest absolute Gasteiger partial charge is 0.468 e. The maximum Gasteiger partial charge on any atom is 0.316 e. The minimum absolute atomic E-state index is 0.131. The second-order valence-corrected chi connectivity index (χ2v) is 5.87. The Kier molecular flexibility index (Phi) is 1.17. The van der Waals surface area contributed by atoms with Gasteiger partial charge in [0, 0.05) is 11.8 Å². The van der Waals surface area contributed by atoms with E-state index in [1.54, 1.807) is 0 Å². The fourth-order valence-electron chi connectivity index (χ4n) is 5.60. The van der Waals surface area contributed by atoms with Crippen LogP contribution in [0, 0.1) is 22.7 Å². The lowest BCUT2D eigenvalue weighted by molar-refractivity contribution is -0.169. The third-order valence-electron chi connectivity index (χ3n) is 5.91. The molecule has 5 aliphatic rings. The van der Waals surface area contributed by atoms with E-state index in [1.165, 1.54) is 14.2 Å². The summed E-state index contributed by atoms with van der Waals surface area (Å²) in [4.78, 5) is 24.2. The Labute approximate surface area is 98.4 Å². The summed E-state index contributed by atoms with van der Waals surface area (Å²) in [5.41, 5.74) is -2.59. The average molecular weight is 238 g/mol. The molecule has 0 aromatic rings. The molecule has 5 nitrogen and oxygen atoms in total. The van der Waals surface area contributed by atoms with E-state index in [0.29, 0.717) is 0 Å². The molecular formula is C12H14O5. The minimum Gasteiger partial charge on any atom is -0.468 e. The van der Waals surface area contributed by atoms with Crippen LogP contribution in [0.5, 0.6) is 0 Å². The van der Waals surface area contributed by atoms with Crippen LogP contribution in [0.15, 0.2) is 0 Å². The zero-order chi connectivity index (χ0) is 12.4. The van der Waals surface area contributed by atoms with Crippen LogP contribution in [0.1, 0.15) is 13.8 Å². The molecule has 2 aliphatic heterocycles. The van der Waals surface area contributed by atoms with Crippen LogP contribution in [0.25, 0.3) is 0 Å². The Morgan fingerprint density at radius 1 is 0.941 bits per heavy atom. The molecule has 0 aromatic heterocycles. The van der Waals surface area contributed by atoms with Crippen molar-refractivity contribution < 1.29 is 23.8 Å². The predicted molar refractivity (Wildman–Crippen MR) is 53.8 cm³/mol. The summed E-state index contributed by atoms with van der Waals surface area (Å²) in [6.45, 7) is 3.81. The van der Waals surface area contributed by atoms with Gasteiger partial charge in [-0.15, -0.1) is 0 Å². The first kappa shape index (κ1) is 9.88. The highest BCUT2D eigenvalue weighted by Gasteiger charge is 3.20. The molecule has 6 unspecified atom stereocenters. The molecular weight excluding hydrogens is 224 g/mol. The third kappa shape index (κ3) is 0.480. The zero-order valence-corrected chi connectivity index (χ0v) is 10.2. The number of hydrogen-bond acceptors (Lipinski definition) is 5. The normalized spacial score (nSPS) is 63.3. The van der Waals surface area contributed by atoms with Gasteiger partial charge in [0.05, 0.1) is 25.4 Å². The maximum atomic E-state index is 12.1. The standard InChI is InChI=1S/C12H14O5/c1-9-5-6-10(2,17-9)12(6,8(14)16-4)11(5,9)7(13)15-3/h5-6H,1-4H3. The highest BCUT2D eigenvalue weighted by molar-refractivity contribution is 6.04. The summed E-state index contributed by atoms with van der Waals surface area (Å²) in [5, 5.41) is 0. The molecule has 3 aliphatic carbocycles.